The van der Waals surface area contributed by atoms with E-state index in [2.05, 4.69) is 10.6 Å². The summed E-state index contributed by atoms with van der Waals surface area (Å²) in [6, 6.07) is 6.18. The molecule has 0 saturated heterocycles. The lowest BCUT2D eigenvalue weighted by molar-refractivity contribution is 0.299. The number of thiocarbonyl (C=S) groups is 1. The van der Waals surface area contributed by atoms with Gasteiger partial charge in [-0.3, -0.25) is 0 Å². The van der Waals surface area contributed by atoms with Gasteiger partial charge in [0.25, 0.3) is 0 Å². The maximum atomic E-state index is 8.70. The predicted octanol–water partition coefficient (Wildman–Crippen LogP) is 0.885. The summed E-state index contributed by atoms with van der Waals surface area (Å²) in [6.07, 6.45) is 0. The molecule has 0 radical (unpaired) electrons. The van der Waals surface area contributed by atoms with Gasteiger partial charge in [0.15, 0.2) is 5.11 Å². The van der Waals surface area contributed by atoms with Crippen LogP contribution in [0.5, 0.6) is 5.75 Å². The van der Waals surface area contributed by atoms with E-state index in [1.54, 1.807) is 0 Å². The normalized spacial score (nSPS) is 17.2. The minimum Gasteiger partial charge on any atom is -0.490 e. The molecule has 4 nitrogen and oxygen atoms in total. The van der Waals surface area contributed by atoms with E-state index in [4.69, 9.17) is 22.1 Å². The summed E-state index contributed by atoms with van der Waals surface area (Å²) in [5, 5.41) is 15.3. The number of rotatable bonds is 3. The molecule has 1 atom stereocenters. The van der Waals surface area contributed by atoms with Crippen LogP contribution in [0.1, 0.15) is 17.2 Å². The molecule has 0 bridgehead atoms. The second-order valence-corrected chi connectivity index (χ2v) is 4.39. The van der Waals surface area contributed by atoms with E-state index < -0.39 is 0 Å². The lowest BCUT2D eigenvalue weighted by atomic mass is 10.1. The highest BCUT2D eigenvalue weighted by Crippen LogP contribution is 2.34. The molecule has 1 aromatic rings. The third-order valence-corrected chi connectivity index (χ3v) is 2.98. The summed E-state index contributed by atoms with van der Waals surface area (Å²) in [7, 11) is 0. The lowest BCUT2D eigenvalue weighted by Gasteiger charge is -2.14. The topological polar surface area (TPSA) is 53.5 Å². The van der Waals surface area contributed by atoms with Crippen LogP contribution in [-0.4, -0.2) is 30.0 Å². The first kappa shape index (κ1) is 12.1. The molecule has 0 fully saturated rings. The molecule has 92 valence electrons. The Bertz CT molecular complexity index is 423. The molecule has 2 rings (SSSR count). The summed E-state index contributed by atoms with van der Waals surface area (Å²) >= 11 is 5.13. The fourth-order valence-corrected chi connectivity index (χ4v) is 2.15. The van der Waals surface area contributed by atoms with Crippen molar-refractivity contribution in [2.75, 3.05) is 19.8 Å². The molecule has 0 aliphatic carbocycles. The van der Waals surface area contributed by atoms with Gasteiger partial charge in [-0.15, -0.1) is 0 Å². The monoisotopic (exact) mass is 252 g/mol. The van der Waals surface area contributed by atoms with Crippen LogP contribution in [0.15, 0.2) is 18.2 Å². The number of aryl methyl sites for hydroxylation is 1. The number of ether oxygens (including phenoxy) is 1. The van der Waals surface area contributed by atoms with E-state index in [0.29, 0.717) is 18.3 Å². The fourth-order valence-electron chi connectivity index (χ4n) is 1.90. The maximum absolute atomic E-state index is 8.70. The number of hydrogen-bond acceptors (Lipinski definition) is 3. The number of para-hydroxylation sites is 1. The highest BCUT2D eigenvalue weighted by atomic mass is 32.1. The van der Waals surface area contributed by atoms with Gasteiger partial charge in [0.05, 0.1) is 12.6 Å². The molecule has 17 heavy (non-hydrogen) atoms. The molecule has 5 heteroatoms. The van der Waals surface area contributed by atoms with Crippen molar-refractivity contribution in [3.8, 4) is 5.75 Å². The highest BCUT2D eigenvalue weighted by Gasteiger charge is 2.25. The Morgan fingerprint density at radius 2 is 2.41 bits per heavy atom. The zero-order valence-corrected chi connectivity index (χ0v) is 10.5. The Hall–Kier alpha value is -1.33. The number of benzene rings is 1. The van der Waals surface area contributed by atoms with Crippen LogP contribution in [0.4, 0.5) is 0 Å². The second kappa shape index (κ2) is 5.33. The second-order valence-electron chi connectivity index (χ2n) is 3.98. The first-order valence-electron chi connectivity index (χ1n) is 5.60. The fraction of sp³-hybridized carbons (Fsp3) is 0.417. The maximum Gasteiger partial charge on any atom is 0.166 e. The molecular formula is C12H16N2O2S. The first-order chi connectivity index (χ1) is 8.22. The summed E-state index contributed by atoms with van der Waals surface area (Å²) in [6.45, 7) is 3.14. The summed E-state index contributed by atoms with van der Waals surface area (Å²) in [5.41, 5.74) is 2.28. The highest BCUT2D eigenvalue weighted by molar-refractivity contribution is 7.80. The molecule has 1 aromatic carbocycles. The van der Waals surface area contributed by atoms with Crippen molar-refractivity contribution in [3.63, 3.8) is 0 Å². The molecule has 3 N–H and O–H groups in total. The van der Waals surface area contributed by atoms with Crippen molar-refractivity contribution < 1.29 is 9.84 Å². The van der Waals surface area contributed by atoms with Crippen molar-refractivity contribution in [2.45, 2.75) is 13.0 Å². The number of aliphatic hydroxyl groups excluding tert-OH is 1. The molecule has 0 saturated carbocycles. The Balaban J connectivity index is 2.02. The van der Waals surface area contributed by atoms with Crippen LogP contribution >= 0.6 is 12.2 Å². The van der Waals surface area contributed by atoms with Crippen molar-refractivity contribution in [3.05, 3.63) is 29.3 Å². The molecule has 1 aliphatic heterocycles. The molecular weight excluding hydrogens is 236 g/mol. The summed E-state index contributed by atoms with van der Waals surface area (Å²) in [4.78, 5) is 0. The summed E-state index contributed by atoms with van der Waals surface area (Å²) in [5.74, 6) is 0.954. The molecule has 1 unspecified atom stereocenters. The van der Waals surface area contributed by atoms with Gasteiger partial charge in [-0.2, -0.15) is 0 Å². The third-order valence-electron chi connectivity index (χ3n) is 2.71. The standard InChI is InChI=1S/C12H16N2O2S/c1-8-3-2-4-9-10(7-16-11(8)9)14-12(17)13-5-6-15/h2-4,10,15H,5-7H2,1H3,(H2,13,14,17). The SMILES string of the molecule is Cc1cccc2c1OCC2NC(=S)NCCO. The molecule has 1 heterocycles. The lowest BCUT2D eigenvalue weighted by Crippen LogP contribution is -2.39. The van der Waals surface area contributed by atoms with Gasteiger partial charge in [0, 0.05) is 12.1 Å². The van der Waals surface area contributed by atoms with E-state index >= 15 is 0 Å². The van der Waals surface area contributed by atoms with Crippen molar-refractivity contribution in [1.29, 1.82) is 0 Å². The van der Waals surface area contributed by atoms with Crippen molar-refractivity contribution >= 4 is 17.3 Å². The summed E-state index contributed by atoms with van der Waals surface area (Å²) < 4.78 is 5.65. The number of nitrogens with one attached hydrogen (secondary N) is 2. The van der Waals surface area contributed by atoms with Crippen LogP contribution in [-0.2, 0) is 0 Å². The minimum absolute atomic E-state index is 0.0681. The van der Waals surface area contributed by atoms with E-state index in [0.717, 1.165) is 16.9 Å². The Labute approximate surface area is 106 Å². The largest absolute Gasteiger partial charge is 0.490 e. The van der Waals surface area contributed by atoms with E-state index in [1.807, 2.05) is 25.1 Å². The van der Waals surface area contributed by atoms with Gasteiger partial charge in [0.2, 0.25) is 0 Å². The Morgan fingerprint density at radius 1 is 1.59 bits per heavy atom. The van der Waals surface area contributed by atoms with Crippen LogP contribution in [0.3, 0.4) is 0 Å². The van der Waals surface area contributed by atoms with Crippen LogP contribution in [0, 0.1) is 6.92 Å². The Morgan fingerprint density at radius 3 is 3.18 bits per heavy atom. The van der Waals surface area contributed by atoms with Gasteiger partial charge in [0.1, 0.15) is 12.4 Å². The van der Waals surface area contributed by atoms with Crippen molar-refractivity contribution in [1.82, 2.24) is 10.6 Å². The Kier molecular flexibility index (Phi) is 3.81. The third kappa shape index (κ3) is 2.68. The van der Waals surface area contributed by atoms with Gasteiger partial charge >= 0.3 is 0 Å². The molecule has 1 aliphatic rings. The zero-order valence-electron chi connectivity index (χ0n) is 9.69. The first-order valence-corrected chi connectivity index (χ1v) is 6.00. The van der Waals surface area contributed by atoms with Crippen molar-refractivity contribution in [2.24, 2.45) is 0 Å². The van der Waals surface area contributed by atoms with Gasteiger partial charge in [-0.05, 0) is 24.7 Å². The smallest absolute Gasteiger partial charge is 0.166 e. The van der Waals surface area contributed by atoms with Crippen LogP contribution in [0.2, 0.25) is 0 Å². The average molecular weight is 252 g/mol. The number of hydrogen-bond donors (Lipinski definition) is 3. The molecule has 0 aromatic heterocycles. The average Bonchev–Trinajstić information content (AvgIpc) is 2.71. The number of fused-ring (bicyclic) bond motifs is 1. The van der Waals surface area contributed by atoms with Gasteiger partial charge < -0.3 is 20.5 Å². The molecule has 0 amide bonds. The van der Waals surface area contributed by atoms with Crippen LogP contribution in [0.25, 0.3) is 0 Å². The zero-order chi connectivity index (χ0) is 12.3. The van der Waals surface area contributed by atoms with E-state index in [-0.39, 0.29) is 12.6 Å². The molecule has 0 spiro atoms. The van der Waals surface area contributed by atoms with E-state index in [1.165, 1.54) is 0 Å². The minimum atomic E-state index is 0.0681. The van der Waals surface area contributed by atoms with Gasteiger partial charge in [-0.1, -0.05) is 18.2 Å². The van der Waals surface area contributed by atoms with Crippen LogP contribution < -0.4 is 15.4 Å². The quantitative estimate of drug-likeness (QED) is 0.697. The van der Waals surface area contributed by atoms with Gasteiger partial charge in [-0.25, -0.2) is 0 Å². The van der Waals surface area contributed by atoms with E-state index in [9.17, 15) is 0 Å². The number of aliphatic hydroxyl groups is 1. The predicted molar refractivity (Wildman–Crippen MR) is 70.2 cm³/mol.